The van der Waals surface area contributed by atoms with E-state index in [1.54, 1.807) is 0 Å². The second-order valence-corrected chi connectivity index (χ2v) is 4.40. The number of amides is 2. The fraction of sp³-hybridized carbons (Fsp3) is 0.818. The van der Waals surface area contributed by atoms with Gasteiger partial charge in [-0.15, -0.1) is 0 Å². The van der Waals surface area contributed by atoms with Crippen molar-refractivity contribution in [1.82, 2.24) is 9.80 Å². The molecule has 19 heavy (non-hydrogen) atoms. The standard InChI is InChI=1S/C11H20F3N3O2/c1-16(2)10(19)7-17(8-11(12,13)14)9(18)5-3-4-6-15/h3-8,15H2,1-2H3. The highest BCUT2D eigenvalue weighted by atomic mass is 19.4. The lowest BCUT2D eigenvalue weighted by molar-refractivity contribution is -0.164. The van der Waals surface area contributed by atoms with Crippen molar-refractivity contribution >= 4 is 11.8 Å². The number of carbonyl (C=O) groups excluding carboxylic acids is 2. The highest BCUT2D eigenvalue weighted by molar-refractivity contribution is 5.84. The van der Waals surface area contributed by atoms with Gasteiger partial charge in [0, 0.05) is 20.5 Å². The van der Waals surface area contributed by atoms with E-state index in [0.29, 0.717) is 24.3 Å². The van der Waals surface area contributed by atoms with Crippen LogP contribution < -0.4 is 5.73 Å². The normalized spacial score (nSPS) is 11.3. The topological polar surface area (TPSA) is 66.6 Å². The van der Waals surface area contributed by atoms with Gasteiger partial charge in [-0.3, -0.25) is 9.59 Å². The van der Waals surface area contributed by atoms with E-state index in [-0.39, 0.29) is 6.42 Å². The predicted octanol–water partition coefficient (Wildman–Crippen LogP) is 0.594. The van der Waals surface area contributed by atoms with Gasteiger partial charge in [-0.1, -0.05) is 0 Å². The molecule has 0 bridgehead atoms. The molecule has 8 heteroatoms. The molecule has 5 nitrogen and oxygen atoms in total. The lowest BCUT2D eigenvalue weighted by Gasteiger charge is -2.24. The first-order chi connectivity index (χ1) is 8.67. The Bertz CT molecular complexity index is 306. The number of unbranched alkanes of at least 4 members (excludes halogenated alkanes) is 1. The molecule has 112 valence electrons. The van der Waals surface area contributed by atoms with Crippen LogP contribution >= 0.6 is 0 Å². The van der Waals surface area contributed by atoms with Crippen LogP contribution in [0.25, 0.3) is 0 Å². The summed E-state index contributed by atoms with van der Waals surface area (Å²) in [5.74, 6) is -1.22. The van der Waals surface area contributed by atoms with Crippen molar-refractivity contribution in [3.8, 4) is 0 Å². The van der Waals surface area contributed by atoms with Gasteiger partial charge < -0.3 is 15.5 Å². The van der Waals surface area contributed by atoms with Gasteiger partial charge in [-0.25, -0.2) is 0 Å². The smallest absolute Gasteiger partial charge is 0.347 e. The van der Waals surface area contributed by atoms with E-state index in [1.807, 2.05) is 0 Å². The van der Waals surface area contributed by atoms with Crippen molar-refractivity contribution in [2.75, 3.05) is 33.7 Å². The number of halogens is 3. The SMILES string of the molecule is CN(C)C(=O)CN(CC(F)(F)F)C(=O)CCCCN. The molecule has 0 saturated carbocycles. The molecule has 0 spiro atoms. The number of hydrogen-bond donors (Lipinski definition) is 1. The summed E-state index contributed by atoms with van der Waals surface area (Å²) in [6.45, 7) is -1.59. The number of rotatable bonds is 7. The van der Waals surface area contributed by atoms with E-state index in [0.717, 1.165) is 4.90 Å². The third-order valence-electron chi connectivity index (χ3n) is 2.39. The van der Waals surface area contributed by atoms with Crippen LogP contribution in [-0.2, 0) is 9.59 Å². The quantitative estimate of drug-likeness (QED) is 0.696. The summed E-state index contributed by atoms with van der Waals surface area (Å²) < 4.78 is 37.1. The molecular formula is C11H20F3N3O2. The van der Waals surface area contributed by atoms with Gasteiger partial charge in [0.2, 0.25) is 11.8 Å². The fourth-order valence-electron chi connectivity index (χ4n) is 1.33. The van der Waals surface area contributed by atoms with Crippen LogP contribution in [0.5, 0.6) is 0 Å². The number of nitrogens with zero attached hydrogens (tertiary/aromatic N) is 2. The van der Waals surface area contributed by atoms with Crippen LogP contribution in [0.4, 0.5) is 13.2 Å². The Labute approximate surface area is 110 Å². The molecule has 2 N–H and O–H groups in total. The molecule has 0 atom stereocenters. The summed E-state index contributed by atoms with van der Waals surface area (Å²) in [5, 5.41) is 0. The van der Waals surface area contributed by atoms with Crippen molar-refractivity contribution in [3.05, 3.63) is 0 Å². The van der Waals surface area contributed by atoms with Crippen molar-refractivity contribution in [2.45, 2.75) is 25.4 Å². The molecule has 0 aliphatic heterocycles. The Morgan fingerprint density at radius 1 is 1.11 bits per heavy atom. The van der Waals surface area contributed by atoms with Crippen LogP contribution in [0.1, 0.15) is 19.3 Å². The van der Waals surface area contributed by atoms with Crippen LogP contribution in [-0.4, -0.2) is 61.5 Å². The molecule has 0 fully saturated rings. The van der Waals surface area contributed by atoms with Crippen LogP contribution in [0, 0.1) is 0 Å². The fourth-order valence-corrected chi connectivity index (χ4v) is 1.33. The molecule has 0 aromatic heterocycles. The maximum absolute atomic E-state index is 12.4. The van der Waals surface area contributed by atoms with Crippen molar-refractivity contribution in [3.63, 3.8) is 0 Å². The molecule has 0 aliphatic rings. The predicted molar refractivity (Wildman–Crippen MR) is 64.2 cm³/mol. The monoisotopic (exact) mass is 283 g/mol. The van der Waals surface area contributed by atoms with Gasteiger partial charge in [-0.2, -0.15) is 13.2 Å². The van der Waals surface area contributed by atoms with E-state index in [4.69, 9.17) is 5.73 Å². The first-order valence-corrected chi connectivity index (χ1v) is 5.92. The summed E-state index contributed by atoms with van der Waals surface area (Å²) in [4.78, 5) is 24.8. The lowest BCUT2D eigenvalue weighted by Crippen LogP contribution is -2.44. The van der Waals surface area contributed by atoms with Crippen LogP contribution in [0.15, 0.2) is 0 Å². The lowest BCUT2D eigenvalue weighted by atomic mass is 10.2. The summed E-state index contributed by atoms with van der Waals surface area (Å²) in [7, 11) is 2.85. The minimum Gasteiger partial charge on any atom is -0.347 e. The van der Waals surface area contributed by atoms with Gasteiger partial charge in [0.05, 0.1) is 0 Å². The number of nitrogens with two attached hydrogens (primary N) is 1. The first kappa shape index (κ1) is 17.7. The second kappa shape index (κ2) is 7.98. The highest BCUT2D eigenvalue weighted by Crippen LogP contribution is 2.17. The van der Waals surface area contributed by atoms with Crippen molar-refractivity contribution in [1.29, 1.82) is 0 Å². The molecule has 0 unspecified atom stereocenters. The molecule has 0 heterocycles. The van der Waals surface area contributed by atoms with Gasteiger partial charge in [0.25, 0.3) is 0 Å². The van der Waals surface area contributed by atoms with E-state index < -0.39 is 31.1 Å². The summed E-state index contributed by atoms with van der Waals surface area (Å²) in [6, 6.07) is 0. The minimum absolute atomic E-state index is 0.0337. The maximum Gasteiger partial charge on any atom is 0.406 e. The third-order valence-corrected chi connectivity index (χ3v) is 2.39. The summed E-state index contributed by atoms with van der Waals surface area (Å²) >= 11 is 0. The number of likely N-dealkylation sites (N-methyl/N-ethyl adjacent to an activating group) is 1. The van der Waals surface area contributed by atoms with E-state index >= 15 is 0 Å². The second-order valence-electron chi connectivity index (χ2n) is 4.40. The number of alkyl halides is 3. The average Bonchev–Trinajstić information content (AvgIpc) is 2.26. The largest absolute Gasteiger partial charge is 0.406 e. The average molecular weight is 283 g/mol. The Morgan fingerprint density at radius 2 is 1.68 bits per heavy atom. The Balaban J connectivity index is 4.57. The third kappa shape index (κ3) is 8.41. The van der Waals surface area contributed by atoms with Gasteiger partial charge in [0.15, 0.2) is 0 Å². The van der Waals surface area contributed by atoms with Crippen molar-refractivity contribution < 1.29 is 22.8 Å². The molecule has 0 radical (unpaired) electrons. The summed E-state index contributed by atoms with van der Waals surface area (Å²) in [5.41, 5.74) is 5.25. The highest BCUT2D eigenvalue weighted by Gasteiger charge is 2.33. The number of hydrogen-bond acceptors (Lipinski definition) is 3. The number of carbonyl (C=O) groups is 2. The van der Waals surface area contributed by atoms with E-state index in [1.165, 1.54) is 14.1 Å². The molecule has 0 rings (SSSR count). The molecule has 0 saturated heterocycles. The molecule has 2 amide bonds. The zero-order valence-electron chi connectivity index (χ0n) is 11.2. The molecule has 0 aromatic rings. The maximum atomic E-state index is 12.4. The minimum atomic E-state index is -4.52. The molecule has 0 aliphatic carbocycles. The van der Waals surface area contributed by atoms with Gasteiger partial charge in [0.1, 0.15) is 13.1 Å². The Morgan fingerprint density at radius 3 is 2.11 bits per heavy atom. The van der Waals surface area contributed by atoms with Gasteiger partial charge >= 0.3 is 6.18 Å². The Hall–Kier alpha value is -1.31. The van der Waals surface area contributed by atoms with Crippen LogP contribution in [0.3, 0.4) is 0 Å². The molecule has 0 aromatic carbocycles. The zero-order valence-corrected chi connectivity index (χ0v) is 11.2. The van der Waals surface area contributed by atoms with E-state index in [9.17, 15) is 22.8 Å². The zero-order chi connectivity index (χ0) is 15.1. The first-order valence-electron chi connectivity index (χ1n) is 5.92. The Kier molecular flexibility index (Phi) is 7.43. The van der Waals surface area contributed by atoms with Crippen molar-refractivity contribution in [2.24, 2.45) is 5.73 Å². The molecular weight excluding hydrogens is 263 g/mol. The summed E-state index contributed by atoms with van der Waals surface area (Å²) in [6.07, 6.45) is -3.57. The van der Waals surface area contributed by atoms with E-state index in [2.05, 4.69) is 0 Å². The van der Waals surface area contributed by atoms with Crippen LogP contribution in [0.2, 0.25) is 0 Å². The van der Waals surface area contributed by atoms with Gasteiger partial charge in [-0.05, 0) is 19.4 Å².